The number of hydrogen-bond donors (Lipinski definition) is 2. The Morgan fingerprint density at radius 2 is 1.74 bits per heavy atom. The Morgan fingerprint density at radius 1 is 1.09 bits per heavy atom. The SMILES string of the molecule is Cc1cc(C)cc(NC(=O)COC(=O)c2cccc(C)c2O)c1. The van der Waals surface area contributed by atoms with Gasteiger partial charge in [0.2, 0.25) is 0 Å². The van der Waals surface area contributed by atoms with Crippen LogP contribution in [0.3, 0.4) is 0 Å². The largest absolute Gasteiger partial charge is 0.507 e. The highest BCUT2D eigenvalue weighted by Crippen LogP contribution is 2.22. The Labute approximate surface area is 134 Å². The average molecular weight is 313 g/mol. The molecule has 2 N–H and O–H groups in total. The van der Waals surface area contributed by atoms with E-state index < -0.39 is 18.5 Å². The number of phenolic OH excluding ortho intramolecular Hbond substituents is 1. The fourth-order valence-electron chi connectivity index (χ4n) is 2.28. The van der Waals surface area contributed by atoms with Crippen LogP contribution in [-0.2, 0) is 9.53 Å². The first-order valence-corrected chi connectivity index (χ1v) is 7.20. The molecule has 0 aromatic heterocycles. The summed E-state index contributed by atoms with van der Waals surface area (Å²) in [4.78, 5) is 23.8. The monoisotopic (exact) mass is 313 g/mol. The molecule has 0 radical (unpaired) electrons. The van der Waals surface area contributed by atoms with E-state index in [0.29, 0.717) is 11.3 Å². The van der Waals surface area contributed by atoms with Crippen molar-refractivity contribution in [1.82, 2.24) is 0 Å². The molecule has 5 nitrogen and oxygen atoms in total. The third-order valence-electron chi connectivity index (χ3n) is 3.30. The molecule has 0 atom stereocenters. The van der Waals surface area contributed by atoms with Crippen molar-refractivity contribution >= 4 is 17.6 Å². The second-order valence-corrected chi connectivity index (χ2v) is 5.47. The van der Waals surface area contributed by atoms with E-state index in [1.165, 1.54) is 6.07 Å². The molecule has 0 saturated carbocycles. The molecule has 2 rings (SSSR count). The molecule has 0 aliphatic heterocycles. The number of esters is 1. The van der Waals surface area contributed by atoms with Gasteiger partial charge in [-0.2, -0.15) is 0 Å². The molecule has 0 unspecified atom stereocenters. The first kappa shape index (κ1) is 16.5. The molecular weight excluding hydrogens is 294 g/mol. The Hall–Kier alpha value is -2.82. The Morgan fingerprint density at radius 3 is 2.39 bits per heavy atom. The smallest absolute Gasteiger partial charge is 0.342 e. The first-order valence-electron chi connectivity index (χ1n) is 7.20. The number of para-hydroxylation sites is 1. The van der Waals surface area contributed by atoms with E-state index in [1.807, 2.05) is 32.0 Å². The molecule has 0 aliphatic carbocycles. The number of ether oxygens (including phenoxy) is 1. The number of benzene rings is 2. The minimum atomic E-state index is -0.734. The van der Waals surface area contributed by atoms with E-state index in [4.69, 9.17) is 4.74 Å². The maximum absolute atomic E-state index is 11.9. The number of aromatic hydroxyl groups is 1. The molecule has 0 bridgehead atoms. The van der Waals surface area contributed by atoms with Crippen molar-refractivity contribution < 1.29 is 19.4 Å². The van der Waals surface area contributed by atoms with Gasteiger partial charge in [0, 0.05) is 5.69 Å². The topological polar surface area (TPSA) is 75.6 Å². The zero-order valence-corrected chi connectivity index (χ0v) is 13.3. The zero-order chi connectivity index (χ0) is 17.0. The molecule has 1 amide bonds. The van der Waals surface area contributed by atoms with Crippen molar-refractivity contribution in [3.63, 3.8) is 0 Å². The van der Waals surface area contributed by atoms with Crippen molar-refractivity contribution in [2.24, 2.45) is 0 Å². The molecule has 5 heteroatoms. The molecule has 2 aromatic rings. The predicted octanol–water partition coefficient (Wildman–Crippen LogP) is 3.11. The van der Waals surface area contributed by atoms with Crippen molar-refractivity contribution in [2.75, 3.05) is 11.9 Å². The van der Waals surface area contributed by atoms with E-state index in [2.05, 4.69) is 5.32 Å². The minimum Gasteiger partial charge on any atom is -0.507 e. The Bertz CT molecular complexity index is 732. The number of phenols is 1. The second kappa shape index (κ2) is 6.96. The summed E-state index contributed by atoms with van der Waals surface area (Å²) >= 11 is 0. The summed E-state index contributed by atoms with van der Waals surface area (Å²) < 4.78 is 4.95. The number of carbonyl (C=O) groups excluding carboxylic acids is 2. The van der Waals surface area contributed by atoms with Gasteiger partial charge in [0.05, 0.1) is 0 Å². The van der Waals surface area contributed by atoms with Crippen LogP contribution in [0.1, 0.15) is 27.0 Å². The number of carbonyl (C=O) groups is 2. The summed E-state index contributed by atoms with van der Waals surface area (Å²) in [6.45, 7) is 5.13. The van der Waals surface area contributed by atoms with Crippen LogP contribution in [0.5, 0.6) is 5.75 Å². The van der Waals surface area contributed by atoms with Gasteiger partial charge in [-0.15, -0.1) is 0 Å². The van der Waals surface area contributed by atoms with Crippen LogP contribution >= 0.6 is 0 Å². The van der Waals surface area contributed by atoms with Crippen LogP contribution in [0, 0.1) is 20.8 Å². The molecule has 0 fully saturated rings. The van der Waals surface area contributed by atoms with Gasteiger partial charge in [-0.1, -0.05) is 18.2 Å². The standard InChI is InChI=1S/C18H19NO4/c1-11-7-12(2)9-14(8-11)19-16(20)10-23-18(22)15-6-4-5-13(3)17(15)21/h4-9,21H,10H2,1-3H3,(H,19,20). The highest BCUT2D eigenvalue weighted by atomic mass is 16.5. The Balaban J connectivity index is 1.96. The average Bonchev–Trinajstić information content (AvgIpc) is 2.46. The normalized spacial score (nSPS) is 10.2. The summed E-state index contributed by atoms with van der Waals surface area (Å²) in [5, 5.41) is 12.5. The van der Waals surface area contributed by atoms with E-state index in [1.54, 1.807) is 19.1 Å². The lowest BCUT2D eigenvalue weighted by atomic mass is 10.1. The molecular formula is C18H19NO4. The van der Waals surface area contributed by atoms with E-state index in [0.717, 1.165) is 11.1 Å². The van der Waals surface area contributed by atoms with Crippen LogP contribution in [0.25, 0.3) is 0 Å². The fraction of sp³-hybridized carbons (Fsp3) is 0.222. The van der Waals surface area contributed by atoms with Crippen LogP contribution in [-0.4, -0.2) is 23.6 Å². The van der Waals surface area contributed by atoms with Gasteiger partial charge in [0.25, 0.3) is 5.91 Å². The van der Waals surface area contributed by atoms with Crippen LogP contribution < -0.4 is 5.32 Å². The Kier molecular flexibility index (Phi) is 5.01. The van der Waals surface area contributed by atoms with Gasteiger partial charge < -0.3 is 15.2 Å². The van der Waals surface area contributed by atoms with Crippen LogP contribution in [0.4, 0.5) is 5.69 Å². The predicted molar refractivity (Wildman–Crippen MR) is 87.7 cm³/mol. The molecule has 0 heterocycles. The highest BCUT2D eigenvalue weighted by Gasteiger charge is 2.15. The van der Waals surface area contributed by atoms with Crippen molar-refractivity contribution in [3.05, 3.63) is 58.7 Å². The van der Waals surface area contributed by atoms with E-state index in [9.17, 15) is 14.7 Å². The number of amides is 1. The molecule has 23 heavy (non-hydrogen) atoms. The summed E-state index contributed by atoms with van der Waals surface area (Å²) in [6, 6.07) is 10.4. The third-order valence-corrected chi connectivity index (χ3v) is 3.30. The first-order chi connectivity index (χ1) is 10.9. The fourth-order valence-corrected chi connectivity index (χ4v) is 2.28. The number of hydrogen-bond acceptors (Lipinski definition) is 4. The van der Waals surface area contributed by atoms with Gasteiger partial charge in [-0.3, -0.25) is 4.79 Å². The summed E-state index contributed by atoms with van der Waals surface area (Å²) in [7, 11) is 0. The van der Waals surface area contributed by atoms with E-state index >= 15 is 0 Å². The van der Waals surface area contributed by atoms with Gasteiger partial charge in [0.15, 0.2) is 6.61 Å². The second-order valence-electron chi connectivity index (χ2n) is 5.47. The quantitative estimate of drug-likeness (QED) is 0.850. The number of rotatable bonds is 4. The molecule has 120 valence electrons. The summed E-state index contributed by atoms with van der Waals surface area (Å²) in [5.74, 6) is -1.30. The van der Waals surface area contributed by atoms with Crippen molar-refractivity contribution in [2.45, 2.75) is 20.8 Å². The maximum atomic E-state index is 11.9. The lowest BCUT2D eigenvalue weighted by Crippen LogP contribution is -2.21. The number of nitrogens with one attached hydrogen (secondary N) is 1. The van der Waals surface area contributed by atoms with Gasteiger partial charge in [-0.05, 0) is 55.7 Å². The molecule has 0 saturated heterocycles. The molecule has 2 aromatic carbocycles. The van der Waals surface area contributed by atoms with E-state index in [-0.39, 0.29) is 11.3 Å². The summed E-state index contributed by atoms with van der Waals surface area (Å²) in [5.41, 5.74) is 3.33. The van der Waals surface area contributed by atoms with Gasteiger partial charge in [0.1, 0.15) is 11.3 Å². The van der Waals surface area contributed by atoms with Crippen LogP contribution in [0.2, 0.25) is 0 Å². The maximum Gasteiger partial charge on any atom is 0.342 e. The third kappa shape index (κ3) is 4.32. The van der Waals surface area contributed by atoms with Crippen LogP contribution in [0.15, 0.2) is 36.4 Å². The van der Waals surface area contributed by atoms with Crippen molar-refractivity contribution in [3.8, 4) is 5.75 Å². The number of anilines is 1. The molecule has 0 aliphatic rings. The van der Waals surface area contributed by atoms with Crippen molar-refractivity contribution in [1.29, 1.82) is 0 Å². The lowest BCUT2D eigenvalue weighted by Gasteiger charge is -2.09. The van der Waals surface area contributed by atoms with Gasteiger partial charge in [-0.25, -0.2) is 4.79 Å². The highest BCUT2D eigenvalue weighted by molar-refractivity contribution is 5.97. The number of aryl methyl sites for hydroxylation is 3. The minimum absolute atomic E-state index is 0.0456. The summed E-state index contributed by atoms with van der Waals surface area (Å²) in [6.07, 6.45) is 0. The lowest BCUT2D eigenvalue weighted by molar-refractivity contribution is -0.119. The zero-order valence-electron chi connectivity index (χ0n) is 13.3. The van der Waals surface area contributed by atoms with Gasteiger partial charge >= 0.3 is 5.97 Å². The molecule has 0 spiro atoms.